The number of amides is 1. The predicted octanol–water partition coefficient (Wildman–Crippen LogP) is 1.54. The standard InChI is InChI=1S/C16H23NO3/c1-12-4-3-5-14(8-12)6-7-16(19)17-9-15(10-18)20-11-13(17)2/h3-5,8,13,15,18H,6-7,9-11H2,1-2H3. The maximum atomic E-state index is 12.3. The van der Waals surface area contributed by atoms with E-state index in [0.717, 1.165) is 6.42 Å². The van der Waals surface area contributed by atoms with Crippen LogP contribution in [0.4, 0.5) is 0 Å². The van der Waals surface area contributed by atoms with Crippen LogP contribution in [-0.4, -0.2) is 47.8 Å². The highest BCUT2D eigenvalue weighted by molar-refractivity contribution is 5.77. The van der Waals surface area contributed by atoms with Crippen molar-refractivity contribution in [2.45, 2.75) is 38.8 Å². The van der Waals surface area contributed by atoms with Crippen molar-refractivity contribution in [3.8, 4) is 0 Å². The van der Waals surface area contributed by atoms with Crippen LogP contribution in [0.2, 0.25) is 0 Å². The Labute approximate surface area is 120 Å². The van der Waals surface area contributed by atoms with Crippen molar-refractivity contribution in [2.75, 3.05) is 19.8 Å². The van der Waals surface area contributed by atoms with Gasteiger partial charge >= 0.3 is 0 Å². The lowest BCUT2D eigenvalue weighted by atomic mass is 10.1. The average Bonchev–Trinajstić information content (AvgIpc) is 2.45. The van der Waals surface area contributed by atoms with Crippen LogP contribution >= 0.6 is 0 Å². The number of aliphatic hydroxyl groups is 1. The van der Waals surface area contributed by atoms with Gasteiger partial charge < -0.3 is 14.7 Å². The molecule has 1 aromatic carbocycles. The zero-order chi connectivity index (χ0) is 14.5. The van der Waals surface area contributed by atoms with E-state index in [2.05, 4.69) is 25.1 Å². The minimum atomic E-state index is -0.242. The monoisotopic (exact) mass is 277 g/mol. The van der Waals surface area contributed by atoms with Crippen molar-refractivity contribution >= 4 is 5.91 Å². The average molecular weight is 277 g/mol. The Balaban J connectivity index is 1.90. The van der Waals surface area contributed by atoms with Gasteiger partial charge in [0.25, 0.3) is 0 Å². The molecule has 0 aliphatic carbocycles. The van der Waals surface area contributed by atoms with Crippen LogP contribution in [0.3, 0.4) is 0 Å². The molecular weight excluding hydrogens is 254 g/mol. The van der Waals surface area contributed by atoms with E-state index in [1.54, 1.807) is 0 Å². The van der Waals surface area contributed by atoms with E-state index in [1.807, 2.05) is 17.9 Å². The Morgan fingerprint density at radius 2 is 2.30 bits per heavy atom. The third-order valence-electron chi connectivity index (χ3n) is 3.74. The number of ether oxygens (including phenoxy) is 1. The fourth-order valence-electron chi connectivity index (χ4n) is 2.54. The van der Waals surface area contributed by atoms with Gasteiger partial charge in [0.2, 0.25) is 5.91 Å². The van der Waals surface area contributed by atoms with Crippen LogP contribution in [0.1, 0.15) is 24.5 Å². The molecule has 4 nitrogen and oxygen atoms in total. The largest absolute Gasteiger partial charge is 0.394 e. The first-order valence-electron chi connectivity index (χ1n) is 7.17. The Morgan fingerprint density at radius 3 is 3.00 bits per heavy atom. The van der Waals surface area contributed by atoms with Crippen LogP contribution in [0, 0.1) is 6.92 Å². The SMILES string of the molecule is Cc1cccc(CCC(=O)N2CC(CO)OCC2C)c1. The number of hydrogen-bond acceptors (Lipinski definition) is 3. The van der Waals surface area contributed by atoms with E-state index in [1.165, 1.54) is 11.1 Å². The second kappa shape index (κ2) is 6.86. The van der Waals surface area contributed by atoms with Gasteiger partial charge in [-0.1, -0.05) is 29.8 Å². The zero-order valence-electron chi connectivity index (χ0n) is 12.2. The molecule has 1 fully saturated rings. The number of aryl methyl sites for hydroxylation is 2. The highest BCUT2D eigenvalue weighted by Crippen LogP contribution is 2.14. The molecule has 1 aromatic rings. The second-order valence-electron chi connectivity index (χ2n) is 5.52. The number of morpholine rings is 1. The van der Waals surface area contributed by atoms with Crippen LogP contribution < -0.4 is 0 Å². The molecule has 110 valence electrons. The van der Waals surface area contributed by atoms with Crippen molar-refractivity contribution in [3.63, 3.8) is 0 Å². The van der Waals surface area contributed by atoms with Gasteiger partial charge in [0, 0.05) is 13.0 Å². The summed E-state index contributed by atoms with van der Waals surface area (Å²) in [7, 11) is 0. The second-order valence-corrected chi connectivity index (χ2v) is 5.52. The van der Waals surface area contributed by atoms with Gasteiger partial charge in [0.15, 0.2) is 0 Å². The van der Waals surface area contributed by atoms with Crippen LogP contribution in [0.15, 0.2) is 24.3 Å². The molecule has 0 spiro atoms. The number of carbonyl (C=O) groups is 1. The van der Waals surface area contributed by atoms with Gasteiger partial charge in [-0.05, 0) is 25.8 Å². The van der Waals surface area contributed by atoms with Gasteiger partial charge in [0.1, 0.15) is 0 Å². The van der Waals surface area contributed by atoms with E-state index in [0.29, 0.717) is 19.6 Å². The lowest BCUT2D eigenvalue weighted by molar-refractivity contribution is -0.146. The number of hydrogen-bond donors (Lipinski definition) is 1. The molecule has 0 aromatic heterocycles. The van der Waals surface area contributed by atoms with Crippen molar-refractivity contribution < 1.29 is 14.6 Å². The molecule has 1 N–H and O–H groups in total. The van der Waals surface area contributed by atoms with Crippen LogP contribution in [0.25, 0.3) is 0 Å². The number of carbonyl (C=O) groups excluding carboxylic acids is 1. The molecule has 0 bridgehead atoms. The molecule has 0 radical (unpaired) electrons. The fourth-order valence-corrected chi connectivity index (χ4v) is 2.54. The van der Waals surface area contributed by atoms with Crippen LogP contribution in [-0.2, 0) is 16.0 Å². The molecular formula is C16H23NO3. The van der Waals surface area contributed by atoms with Gasteiger partial charge in [-0.25, -0.2) is 0 Å². The molecule has 20 heavy (non-hydrogen) atoms. The third-order valence-corrected chi connectivity index (χ3v) is 3.74. The first-order valence-corrected chi connectivity index (χ1v) is 7.17. The van der Waals surface area contributed by atoms with Crippen LogP contribution in [0.5, 0.6) is 0 Å². The highest BCUT2D eigenvalue weighted by atomic mass is 16.5. The van der Waals surface area contributed by atoms with Gasteiger partial charge in [-0.3, -0.25) is 4.79 Å². The van der Waals surface area contributed by atoms with E-state index >= 15 is 0 Å². The molecule has 1 aliphatic heterocycles. The number of aliphatic hydroxyl groups excluding tert-OH is 1. The third kappa shape index (κ3) is 3.81. The van der Waals surface area contributed by atoms with Crippen molar-refractivity contribution in [2.24, 2.45) is 0 Å². The van der Waals surface area contributed by atoms with E-state index in [4.69, 9.17) is 9.84 Å². The number of nitrogens with zero attached hydrogens (tertiary/aromatic N) is 1. The summed E-state index contributed by atoms with van der Waals surface area (Å²) < 4.78 is 5.45. The molecule has 1 saturated heterocycles. The highest BCUT2D eigenvalue weighted by Gasteiger charge is 2.28. The van der Waals surface area contributed by atoms with Crippen molar-refractivity contribution in [3.05, 3.63) is 35.4 Å². The first kappa shape index (κ1) is 15.0. The minimum Gasteiger partial charge on any atom is -0.394 e. The quantitative estimate of drug-likeness (QED) is 0.908. The molecule has 2 unspecified atom stereocenters. The minimum absolute atomic E-state index is 0.0334. The molecule has 1 heterocycles. The lowest BCUT2D eigenvalue weighted by Gasteiger charge is -2.37. The summed E-state index contributed by atoms with van der Waals surface area (Å²) in [5, 5.41) is 9.15. The Bertz CT molecular complexity index is 461. The Hall–Kier alpha value is -1.39. The smallest absolute Gasteiger partial charge is 0.223 e. The van der Waals surface area contributed by atoms with Gasteiger partial charge in [0.05, 0.1) is 25.4 Å². The van der Waals surface area contributed by atoms with E-state index < -0.39 is 0 Å². The normalized spacial score (nSPS) is 22.9. The molecule has 2 rings (SSSR count). The summed E-state index contributed by atoms with van der Waals surface area (Å²) in [6.45, 7) is 5.00. The topological polar surface area (TPSA) is 49.8 Å². The maximum Gasteiger partial charge on any atom is 0.223 e. The summed E-state index contributed by atoms with van der Waals surface area (Å²) in [6.07, 6.45) is 1.02. The maximum absolute atomic E-state index is 12.3. The zero-order valence-corrected chi connectivity index (χ0v) is 12.2. The number of benzene rings is 1. The van der Waals surface area contributed by atoms with Crippen molar-refractivity contribution in [1.29, 1.82) is 0 Å². The summed E-state index contributed by atoms with van der Waals surface area (Å²) in [4.78, 5) is 14.2. The summed E-state index contributed by atoms with van der Waals surface area (Å²) in [6, 6.07) is 8.34. The van der Waals surface area contributed by atoms with E-state index in [-0.39, 0.29) is 24.7 Å². The Kier molecular flexibility index (Phi) is 5.15. The first-order chi connectivity index (χ1) is 9.60. The molecule has 4 heteroatoms. The molecule has 0 saturated carbocycles. The summed E-state index contributed by atoms with van der Waals surface area (Å²) in [5.74, 6) is 0.140. The molecule has 1 aliphatic rings. The molecule has 2 atom stereocenters. The van der Waals surface area contributed by atoms with Gasteiger partial charge in [-0.2, -0.15) is 0 Å². The number of rotatable bonds is 4. The predicted molar refractivity (Wildman–Crippen MR) is 77.5 cm³/mol. The van der Waals surface area contributed by atoms with Crippen molar-refractivity contribution in [1.82, 2.24) is 4.90 Å². The van der Waals surface area contributed by atoms with E-state index in [9.17, 15) is 4.79 Å². The molecule has 1 amide bonds. The summed E-state index contributed by atoms with van der Waals surface area (Å²) >= 11 is 0. The fraction of sp³-hybridized carbons (Fsp3) is 0.562. The summed E-state index contributed by atoms with van der Waals surface area (Å²) in [5.41, 5.74) is 2.41. The lowest BCUT2D eigenvalue weighted by Crippen LogP contribution is -2.52. The Morgan fingerprint density at radius 1 is 1.50 bits per heavy atom. The van der Waals surface area contributed by atoms with Gasteiger partial charge in [-0.15, -0.1) is 0 Å².